The number of hydrogen-bond acceptors (Lipinski definition) is 3. The zero-order chi connectivity index (χ0) is 18.1. The summed E-state index contributed by atoms with van der Waals surface area (Å²) in [5, 5.41) is 10.5. The van der Waals surface area contributed by atoms with Crippen molar-refractivity contribution in [3.8, 4) is 0 Å². The average Bonchev–Trinajstić information content (AvgIpc) is 2.96. The van der Waals surface area contributed by atoms with Gasteiger partial charge in [0, 0.05) is 0 Å². The number of hydrogen-bond donors (Lipinski definition) is 1. The standard InChI is InChI=1S/C17H29F3GeO3/c1-3-5-13-23-17(22,24-14-6-4-2)12-8-10-15-9-7-11-16(15)21(18,19)20/h7,11,22H,3-6,8-10,12-14H2,1-2H3. The number of halogens is 3. The van der Waals surface area contributed by atoms with E-state index in [2.05, 4.69) is 0 Å². The Hall–Kier alpha value is -0.307. The molecule has 0 amide bonds. The molecule has 0 radical (unpaired) electrons. The predicted octanol–water partition coefficient (Wildman–Crippen LogP) is 5.08. The van der Waals surface area contributed by atoms with Crippen LogP contribution in [0.5, 0.6) is 0 Å². The van der Waals surface area contributed by atoms with E-state index in [0.29, 0.717) is 38.0 Å². The maximum atomic E-state index is 13.1. The van der Waals surface area contributed by atoms with E-state index in [1.54, 1.807) is 6.08 Å². The number of ether oxygens (including phenoxy) is 2. The second-order valence-corrected chi connectivity index (χ2v) is 9.31. The van der Waals surface area contributed by atoms with Crippen LogP contribution in [0.3, 0.4) is 0 Å². The quantitative estimate of drug-likeness (QED) is 0.261. The van der Waals surface area contributed by atoms with Crippen molar-refractivity contribution in [2.24, 2.45) is 0 Å². The molecular formula is C17H29F3GeO3. The Labute approximate surface area is 146 Å². The van der Waals surface area contributed by atoms with E-state index in [1.165, 1.54) is 6.08 Å². The van der Waals surface area contributed by atoms with Crippen molar-refractivity contribution in [3.63, 3.8) is 0 Å². The van der Waals surface area contributed by atoms with Gasteiger partial charge in [0.2, 0.25) is 0 Å². The Morgan fingerprint density at radius 1 is 1.08 bits per heavy atom. The summed E-state index contributed by atoms with van der Waals surface area (Å²) in [6, 6.07) is 0. The van der Waals surface area contributed by atoms with Gasteiger partial charge in [-0.2, -0.15) is 0 Å². The second-order valence-electron chi connectivity index (χ2n) is 6.09. The van der Waals surface area contributed by atoms with Crippen molar-refractivity contribution in [1.82, 2.24) is 0 Å². The van der Waals surface area contributed by atoms with Crippen LogP contribution in [0, 0.1) is 0 Å². The van der Waals surface area contributed by atoms with E-state index in [-0.39, 0.29) is 10.8 Å². The molecule has 0 aliphatic heterocycles. The van der Waals surface area contributed by atoms with Crippen molar-refractivity contribution in [2.75, 3.05) is 13.2 Å². The average molecular weight is 411 g/mol. The molecule has 0 aromatic heterocycles. The van der Waals surface area contributed by atoms with Gasteiger partial charge >= 0.3 is 146 Å². The molecule has 0 aromatic carbocycles. The Morgan fingerprint density at radius 3 is 2.17 bits per heavy atom. The van der Waals surface area contributed by atoms with E-state index < -0.39 is 20.6 Å². The summed E-state index contributed by atoms with van der Waals surface area (Å²) in [6.45, 7) is 4.80. The summed E-state index contributed by atoms with van der Waals surface area (Å²) < 4.78 is 49.8. The third kappa shape index (κ3) is 7.72. The van der Waals surface area contributed by atoms with E-state index in [1.807, 2.05) is 13.8 Å². The van der Waals surface area contributed by atoms with Gasteiger partial charge in [-0.15, -0.1) is 0 Å². The Balaban J connectivity index is 2.54. The molecule has 0 unspecified atom stereocenters. The molecule has 0 saturated heterocycles. The molecule has 0 fully saturated rings. The normalized spacial score (nSPS) is 15.6. The molecule has 0 heterocycles. The first-order valence-electron chi connectivity index (χ1n) is 8.78. The van der Waals surface area contributed by atoms with Gasteiger partial charge < -0.3 is 0 Å². The van der Waals surface area contributed by atoms with Gasteiger partial charge in [0.05, 0.1) is 0 Å². The number of allylic oxidation sites excluding steroid dienone is 4. The summed E-state index contributed by atoms with van der Waals surface area (Å²) >= 11 is -6.28. The van der Waals surface area contributed by atoms with Crippen LogP contribution in [0.4, 0.5) is 10.5 Å². The minimum absolute atomic E-state index is 0.183. The van der Waals surface area contributed by atoms with Crippen LogP contribution in [0.1, 0.15) is 65.2 Å². The Kier molecular flexibility index (Phi) is 9.63. The van der Waals surface area contributed by atoms with Crippen LogP contribution in [0.15, 0.2) is 22.1 Å². The monoisotopic (exact) mass is 412 g/mol. The van der Waals surface area contributed by atoms with Crippen molar-refractivity contribution < 1.29 is 25.1 Å². The topological polar surface area (TPSA) is 38.7 Å². The van der Waals surface area contributed by atoms with Gasteiger partial charge in [0.25, 0.3) is 0 Å². The first-order valence-corrected chi connectivity index (χ1v) is 12.2. The van der Waals surface area contributed by atoms with Crippen LogP contribution in [-0.2, 0) is 9.47 Å². The summed E-state index contributed by atoms with van der Waals surface area (Å²) in [7, 11) is 0. The predicted molar refractivity (Wildman–Crippen MR) is 90.4 cm³/mol. The third-order valence-electron chi connectivity index (χ3n) is 3.96. The molecule has 0 aromatic rings. The van der Waals surface area contributed by atoms with Crippen molar-refractivity contribution >= 4 is 14.7 Å². The number of rotatable bonds is 13. The molecule has 1 aliphatic rings. The maximum absolute atomic E-state index is 13.1. The molecule has 24 heavy (non-hydrogen) atoms. The van der Waals surface area contributed by atoms with Crippen LogP contribution >= 0.6 is 0 Å². The Morgan fingerprint density at radius 2 is 1.67 bits per heavy atom. The van der Waals surface area contributed by atoms with E-state index >= 15 is 0 Å². The van der Waals surface area contributed by atoms with Gasteiger partial charge in [0.1, 0.15) is 0 Å². The van der Waals surface area contributed by atoms with Crippen molar-refractivity contribution in [1.29, 1.82) is 0 Å². The fourth-order valence-corrected chi connectivity index (χ4v) is 4.50. The Bertz CT molecular complexity index is 423. The second kappa shape index (κ2) is 10.6. The molecule has 140 valence electrons. The van der Waals surface area contributed by atoms with Gasteiger partial charge in [-0.05, 0) is 0 Å². The van der Waals surface area contributed by atoms with Crippen LogP contribution < -0.4 is 0 Å². The van der Waals surface area contributed by atoms with E-state index in [0.717, 1.165) is 25.7 Å². The van der Waals surface area contributed by atoms with E-state index in [9.17, 15) is 15.6 Å². The fraction of sp³-hybridized carbons (Fsp3) is 0.765. The SMILES string of the molecule is CCCCOC(O)(CCCC1=[C]([Ge]([F])([F])[F])C=CC1)OCCCC. The molecule has 0 saturated carbocycles. The number of unbranched alkanes of at least 4 members (excludes halogenated alkanes) is 2. The molecule has 1 N–H and O–H groups in total. The molecule has 3 nitrogen and oxygen atoms in total. The zero-order valence-corrected chi connectivity index (χ0v) is 16.7. The van der Waals surface area contributed by atoms with Crippen LogP contribution in [-0.4, -0.2) is 39.0 Å². The van der Waals surface area contributed by atoms with Crippen LogP contribution in [0.2, 0.25) is 0 Å². The third-order valence-corrected chi connectivity index (χ3v) is 6.33. The molecule has 0 bridgehead atoms. The molecule has 7 heteroatoms. The zero-order valence-electron chi connectivity index (χ0n) is 14.6. The van der Waals surface area contributed by atoms with Crippen molar-refractivity contribution in [3.05, 3.63) is 22.1 Å². The molecule has 1 aliphatic carbocycles. The molecule has 0 atom stereocenters. The van der Waals surface area contributed by atoms with Gasteiger partial charge in [-0.25, -0.2) is 0 Å². The number of aliphatic hydroxyl groups is 1. The van der Waals surface area contributed by atoms with Crippen LogP contribution in [0.25, 0.3) is 0 Å². The summed E-state index contributed by atoms with van der Waals surface area (Å²) in [4.78, 5) is 0. The van der Waals surface area contributed by atoms with Crippen molar-refractivity contribution in [2.45, 2.75) is 71.2 Å². The summed E-state index contributed by atoms with van der Waals surface area (Å²) in [5.74, 6) is -1.68. The summed E-state index contributed by atoms with van der Waals surface area (Å²) in [6.07, 6.45) is 7.56. The summed E-state index contributed by atoms with van der Waals surface area (Å²) in [5.41, 5.74) is 0.451. The van der Waals surface area contributed by atoms with Gasteiger partial charge in [-0.3, -0.25) is 0 Å². The molecule has 1 rings (SSSR count). The fourth-order valence-electron chi connectivity index (χ4n) is 2.54. The molecular weight excluding hydrogens is 382 g/mol. The molecule has 0 spiro atoms. The first kappa shape index (κ1) is 21.7. The van der Waals surface area contributed by atoms with E-state index in [4.69, 9.17) is 9.47 Å². The van der Waals surface area contributed by atoms with Gasteiger partial charge in [0.15, 0.2) is 0 Å². The van der Waals surface area contributed by atoms with Gasteiger partial charge in [-0.1, -0.05) is 0 Å². The first-order chi connectivity index (χ1) is 11.3. The minimum atomic E-state index is -6.28.